The fourth-order valence-corrected chi connectivity index (χ4v) is 2.79. The van der Waals surface area contributed by atoms with Crippen LogP contribution in [0.15, 0.2) is 65.6 Å². The number of benzene rings is 2. The van der Waals surface area contributed by atoms with Gasteiger partial charge in [-0.25, -0.2) is 4.39 Å². The number of pyridine rings is 1. The summed E-state index contributed by atoms with van der Waals surface area (Å²) in [4.78, 5) is 24.2. The first-order valence-corrected chi connectivity index (χ1v) is 8.42. The second kappa shape index (κ2) is 7.45. The van der Waals surface area contributed by atoms with E-state index >= 15 is 0 Å². The first-order chi connectivity index (χ1) is 12.9. The van der Waals surface area contributed by atoms with Crippen LogP contribution in [-0.2, 0) is 7.05 Å². The Morgan fingerprint density at radius 3 is 2.52 bits per heavy atom. The lowest BCUT2D eigenvalue weighted by Crippen LogP contribution is -2.29. The number of carbonyl (C=O) groups is 1. The minimum Gasteiger partial charge on any atom is -0.502 e. The summed E-state index contributed by atoms with van der Waals surface area (Å²) in [5.41, 5.74) is 1.90. The van der Waals surface area contributed by atoms with Crippen LogP contribution in [0, 0.1) is 5.82 Å². The van der Waals surface area contributed by atoms with Gasteiger partial charge in [-0.15, -0.1) is 0 Å². The zero-order valence-corrected chi connectivity index (χ0v) is 14.9. The largest absolute Gasteiger partial charge is 0.502 e. The molecule has 0 aliphatic rings. The Morgan fingerprint density at radius 2 is 1.81 bits per heavy atom. The molecule has 2 aromatic carbocycles. The summed E-state index contributed by atoms with van der Waals surface area (Å²) in [5.74, 6) is -1.42. The number of hydrogen-bond donors (Lipinski definition) is 2. The molecule has 0 saturated heterocycles. The number of rotatable bonds is 4. The highest BCUT2D eigenvalue weighted by Crippen LogP contribution is 2.24. The summed E-state index contributed by atoms with van der Waals surface area (Å²) in [6, 6.07) is 14.7. The number of aromatic hydroxyl groups is 1. The molecule has 0 unspecified atom stereocenters. The van der Waals surface area contributed by atoms with Crippen LogP contribution in [0.3, 0.4) is 0 Å². The smallest absolute Gasteiger partial charge is 0.293 e. The fraction of sp³-hybridized carbons (Fsp3) is 0.143. The molecule has 27 heavy (non-hydrogen) atoms. The highest BCUT2D eigenvalue weighted by molar-refractivity contribution is 5.96. The molecule has 5 nitrogen and oxygen atoms in total. The summed E-state index contributed by atoms with van der Waals surface area (Å²) < 4.78 is 14.3. The quantitative estimate of drug-likeness (QED) is 0.744. The maximum Gasteiger partial charge on any atom is 0.293 e. The predicted octanol–water partition coefficient (Wildman–Crippen LogP) is 3.39. The van der Waals surface area contributed by atoms with Gasteiger partial charge in [0.2, 0.25) is 0 Å². The standard InChI is InChI=1S/C21H19FN2O3/c1-13(23-20(26)18-10-11-24(2)21(27)19(18)25)15-4-3-5-16(12-15)14-6-8-17(22)9-7-14/h3-13,25H,1-2H3,(H,23,26)/t13-/m1/s1. The van der Waals surface area contributed by atoms with E-state index in [0.717, 1.165) is 16.7 Å². The number of nitrogens with zero attached hydrogens (tertiary/aromatic N) is 1. The Hall–Kier alpha value is -3.41. The summed E-state index contributed by atoms with van der Waals surface area (Å²) in [7, 11) is 1.49. The molecule has 0 aliphatic heterocycles. The van der Waals surface area contributed by atoms with Crippen molar-refractivity contribution in [3.63, 3.8) is 0 Å². The van der Waals surface area contributed by atoms with Gasteiger partial charge in [0.1, 0.15) is 5.82 Å². The third kappa shape index (κ3) is 3.89. The molecule has 0 radical (unpaired) electrons. The molecule has 0 spiro atoms. The Labute approximate surface area is 155 Å². The number of nitrogens with one attached hydrogen (secondary N) is 1. The van der Waals surface area contributed by atoms with Gasteiger partial charge in [-0.3, -0.25) is 9.59 Å². The minimum absolute atomic E-state index is 0.0698. The van der Waals surface area contributed by atoms with E-state index in [-0.39, 0.29) is 17.4 Å². The second-order valence-corrected chi connectivity index (χ2v) is 6.32. The maximum atomic E-state index is 13.1. The van der Waals surface area contributed by atoms with E-state index in [1.54, 1.807) is 19.1 Å². The SMILES string of the molecule is C[C@@H](NC(=O)c1ccn(C)c(=O)c1O)c1cccc(-c2ccc(F)cc2)c1. The third-order valence-corrected chi connectivity index (χ3v) is 4.40. The lowest BCUT2D eigenvalue weighted by atomic mass is 10.00. The third-order valence-electron chi connectivity index (χ3n) is 4.40. The molecule has 138 valence electrons. The monoisotopic (exact) mass is 366 g/mol. The van der Waals surface area contributed by atoms with Crippen molar-refractivity contribution in [2.45, 2.75) is 13.0 Å². The minimum atomic E-state index is -0.631. The summed E-state index contributed by atoms with van der Waals surface area (Å²) >= 11 is 0. The molecule has 6 heteroatoms. The molecule has 0 aliphatic carbocycles. The van der Waals surface area contributed by atoms with Gasteiger partial charge in [-0.2, -0.15) is 0 Å². The van der Waals surface area contributed by atoms with Crippen molar-refractivity contribution in [1.29, 1.82) is 0 Å². The summed E-state index contributed by atoms with van der Waals surface area (Å²) in [6.45, 7) is 1.81. The van der Waals surface area contributed by atoms with Gasteiger partial charge in [0.05, 0.1) is 11.6 Å². The number of aromatic nitrogens is 1. The van der Waals surface area contributed by atoms with Crippen LogP contribution in [0.4, 0.5) is 4.39 Å². The highest BCUT2D eigenvalue weighted by Gasteiger charge is 2.17. The second-order valence-electron chi connectivity index (χ2n) is 6.32. The summed E-state index contributed by atoms with van der Waals surface area (Å²) in [6.07, 6.45) is 1.43. The van der Waals surface area contributed by atoms with Crippen molar-refractivity contribution in [3.8, 4) is 16.9 Å². The van der Waals surface area contributed by atoms with Crippen molar-refractivity contribution in [2.75, 3.05) is 0 Å². The molecule has 1 atom stereocenters. The van der Waals surface area contributed by atoms with Gasteiger partial charge in [0, 0.05) is 13.2 Å². The maximum absolute atomic E-state index is 13.1. The normalized spacial score (nSPS) is 11.8. The first kappa shape index (κ1) is 18.4. The van der Waals surface area contributed by atoms with E-state index in [0.29, 0.717) is 0 Å². The van der Waals surface area contributed by atoms with E-state index in [4.69, 9.17) is 0 Å². The number of hydrogen-bond acceptors (Lipinski definition) is 3. The van der Waals surface area contributed by atoms with Crippen LogP contribution in [0.5, 0.6) is 5.75 Å². The van der Waals surface area contributed by atoms with E-state index in [2.05, 4.69) is 5.32 Å². The molecule has 3 aromatic rings. The molecule has 0 bridgehead atoms. The van der Waals surface area contributed by atoms with Crippen LogP contribution in [-0.4, -0.2) is 15.6 Å². The van der Waals surface area contributed by atoms with E-state index < -0.39 is 17.2 Å². The Morgan fingerprint density at radius 1 is 1.11 bits per heavy atom. The summed E-state index contributed by atoms with van der Waals surface area (Å²) in [5, 5.41) is 12.7. The predicted molar refractivity (Wildman–Crippen MR) is 101 cm³/mol. The number of amides is 1. The molecule has 1 aromatic heterocycles. The van der Waals surface area contributed by atoms with Crippen LogP contribution < -0.4 is 10.9 Å². The lowest BCUT2D eigenvalue weighted by Gasteiger charge is -2.16. The fourth-order valence-electron chi connectivity index (χ4n) is 2.79. The van der Waals surface area contributed by atoms with Crippen LogP contribution in [0.25, 0.3) is 11.1 Å². The number of halogens is 1. The van der Waals surface area contributed by atoms with E-state index in [9.17, 15) is 19.1 Å². The van der Waals surface area contributed by atoms with Crippen molar-refractivity contribution in [2.24, 2.45) is 7.05 Å². The molecule has 1 amide bonds. The average molecular weight is 366 g/mol. The molecule has 2 N–H and O–H groups in total. The van der Waals surface area contributed by atoms with Crippen molar-refractivity contribution >= 4 is 5.91 Å². The Balaban J connectivity index is 1.82. The zero-order valence-electron chi connectivity index (χ0n) is 14.9. The molecule has 3 rings (SSSR count). The Bertz CT molecular complexity index is 1040. The van der Waals surface area contributed by atoms with Gasteiger partial charge in [-0.05, 0) is 47.9 Å². The van der Waals surface area contributed by atoms with Gasteiger partial charge in [0.15, 0.2) is 5.75 Å². The van der Waals surface area contributed by atoms with Crippen LogP contribution >= 0.6 is 0 Å². The van der Waals surface area contributed by atoms with Crippen molar-refractivity contribution < 1.29 is 14.3 Å². The van der Waals surface area contributed by atoms with Gasteiger partial charge < -0.3 is 15.0 Å². The lowest BCUT2D eigenvalue weighted by molar-refractivity contribution is 0.0936. The van der Waals surface area contributed by atoms with Gasteiger partial charge >= 0.3 is 0 Å². The molecular formula is C21H19FN2O3. The van der Waals surface area contributed by atoms with Gasteiger partial charge in [0.25, 0.3) is 11.5 Å². The van der Waals surface area contributed by atoms with Crippen LogP contribution in [0.2, 0.25) is 0 Å². The number of aryl methyl sites for hydroxylation is 1. The Kier molecular flexibility index (Phi) is 5.07. The highest BCUT2D eigenvalue weighted by atomic mass is 19.1. The topological polar surface area (TPSA) is 71.3 Å². The van der Waals surface area contributed by atoms with E-state index in [1.807, 2.05) is 24.3 Å². The molecule has 1 heterocycles. The molecular weight excluding hydrogens is 347 g/mol. The first-order valence-electron chi connectivity index (χ1n) is 8.42. The van der Waals surface area contributed by atoms with Gasteiger partial charge in [-0.1, -0.05) is 30.3 Å². The van der Waals surface area contributed by atoms with Crippen molar-refractivity contribution in [1.82, 2.24) is 9.88 Å². The molecule has 0 fully saturated rings. The van der Waals surface area contributed by atoms with Crippen LogP contribution in [0.1, 0.15) is 28.9 Å². The van der Waals surface area contributed by atoms with Crippen molar-refractivity contribution in [3.05, 3.63) is 88.1 Å². The zero-order chi connectivity index (χ0) is 19.6. The molecule has 0 saturated carbocycles. The van der Waals surface area contributed by atoms with E-state index in [1.165, 1.54) is 36.0 Å². The number of carbonyl (C=O) groups excluding carboxylic acids is 1. The average Bonchev–Trinajstić information content (AvgIpc) is 2.66.